The first-order valence-electron chi connectivity index (χ1n) is 4.34. The Labute approximate surface area is 93.2 Å². The molecule has 0 unspecified atom stereocenters. The lowest BCUT2D eigenvalue weighted by Crippen LogP contribution is -2.19. The van der Waals surface area contributed by atoms with E-state index in [0.29, 0.717) is 16.5 Å². The molecule has 1 aromatic carbocycles. The van der Waals surface area contributed by atoms with Crippen LogP contribution < -0.4 is 5.32 Å². The van der Waals surface area contributed by atoms with Crippen molar-refractivity contribution in [3.05, 3.63) is 33.8 Å². The molecule has 2 nitrogen and oxygen atoms in total. The van der Waals surface area contributed by atoms with Crippen LogP contribution in [0.25, 0.3) is 0 Å². The van der Waals surface area contributed by atoms with Crippen molar-refractivity contribution in [1.82, 2.24) is 5.32 Å². The van der Waals surface area contributed by atoms with Gasteiger partial charge in [-0.15, -0.1) is 0 Å². The average Bonchev–Trinajstić information content (AvgIpc) is 2.16. The van der Waals surface area contributed by atoms with Gasteiger partial charge in [-0.1, -0.05) is 36.2 Å². The van der Waals surface area contributed by atoms with E-state index < -0.39 is 0 Å². The van der Waals surface area contributed by atoms with E-state index in [2.05, 4.69) is 5.32 Å². The highest BCUT2D eigenvalue weighted by Gasteiger charge is 2.14. The molecule has 0 spiro atoms. The van der Waals surface area contributed by atoms with Crippen LogP contribution in [-0.4, -0.2) is 6.41 Å². The summed E-state index contributed by atoms with van der Waals surface area (Å²) in [6.45, 7) is 1.96. The minimum atomic E-state index is -0.117. The minimum Gasteiger partial charge on any atom is -0.352 e. The Morgan fingerprint density at radius 3 is 2.43 bits per heavy atom. The van der Waals surface area contributed by atoms with Crippen LogP contribution in [0.15, 0.2) is 18.2 Å². The molecule has 14 heavy (non-hydrogen) atoms. The number of amides is 1. The van der Waals surface area contributed by atoms with Crippen molar-refractivity contribution < 1.29 is 4.79 Å². The zero-order chi connectivity index (χ0) is 10.6. The second kappa shape index (κ2) is 5.23. The van der Waals surface area contributed by atoms with Gasteiger partial charge in [0.25, 0.3) is 0 Å². The Kier molecular flexibility index (Phi) is 4.23. The normalized spacial score (nSPS) is 12.2. The highest BCUT2D eigenvalue weighted by molar-refractivity contribution is 6.36. The number of nitrogens with one attached hydrogen (secondary N) is 1. The first-order valence-corrected chi connectivity index (χ1v) is 5.09. The van der Waals surface area contributed by atoms with E-state index in [-0.39, 0.29) is 6.04 Å². The van der Waals surface area contributed by atoms with Crippen molar-refractivity contribution in [1.29, 1.82) is 0 Å². The molecule has 0 bridgehead atoms. The smallest absolute Gasteiger partial charge is 0.207 e. The Balaban J connectivity index is 3.07. The van der Waals surface area contributed by atoms with Gasteiger partial charge in [0.05, 0.1) is 6.04 Å². The third kappa shape index (κ3) is 2.40. The van der Waals surface area contributed by atoms with Crippen LogP contribution in [0.5, 0.6) is 0 Å². The summed E-state index contributed by atoms with van der Waals surface area (Å²) in [5.74, 6) is 0. The van der Waals surface area contributed by atoms with Crippen LogP contribution in [0, 0.1) is 0 Å². The molecule has 0 heterocycles. The number of carbonyl (C=O) groups excluding carboxylic acids is 1. The molecule has 0 aliphatic carbocycles. The van der Waals surface area contributed by atoms with E-state index in [0.717, 1.165) is 12.0 Å². The number of rotatable bonds is 4. The Bertz CT molecular complexity index is 308. The molecule has 0 aromatic heterocycles. The molecule has 0 saturated carbocycles. The van der Waals surface area contributed by atoms with Crippen molar-refractivity contribution in [2.24, 2.45) is 0 Å². The average molecular weight is 232 g/mol. The molecule has 1 amide bonds. The molecule has 1 N–H and O–H groups in total. The zero-order valence-electron chi connectivity index (χ0n) is 7.76. The summed E-state index contributed by atoms with van der Waals surface area (Å²) >= 11 is 12.0. The number of halogens is 2. The van der Waals surface area contributed by atoms with Gasteiger partial charge in [-0.3, -0.25) is 4.79 Å². The molecule has 1 rings (SSSR count). The van der Waals surface area contributed by atoms with Gasteiger partial charge in [0, 0.05) is 15.6 Å². The van der Waals surface area contributed by atoms with Gasteiger partial charge in [-0.2, -0.15) is 0 Å². The second-order valence-electron chi connectivity index (χ2n) is 2.88. The van der Waals surface area contributed by atoms with E-state index in [4.69, 9.17) is 23.2 Å². The predicted octanol–water partition coefficient (Wildman–Crippen LogP) is 3.19. The molecule has 4 heteroatoms. The summed E-state index contributed by atoms with van der Waals surface area (Å²) in [5, 5.41) is 3.85. The maximum absolute atomic E-state index is 10.4. The SMILES string of the molecule is CC[C@@H](NC=O)c1c(Cl)cccc1Cl. The third-order valence-electron chi connectivity index (χ3n) is 2.03. The summed E-state index contributed by atoms with van der Waals surface area (Å²) in [6, 6.07) is 5.19. The topological polar surface area (TPSA) is 29.1 Å². The monoisotopic (exact) mass is 231 g/mol. The van der Waals surface area contributed by atoms with Crippen molar-refractivity contribution in [3.63, 3.8) is 0 Å². The summed E-state index contributed by atoms with van der Waals surface area (Å²) in [6.07, 6.45) is 1.41. The second-order valence-corrected chi connectivity index (χ2v) is 3.70. The van der Waals surface area contributed by atoms with Gasteiger partial charge in [-0.05, 0) is 18.6 Å². The van der Waals surface area contributed by atoms with E-state index in [9.17, 15) is 4.79 Å². The lowest BCUT2D eigenvalue weighted by Gasteiger charge is -2.17. The van der Waals surface area contributed by atoms with Crippen LogP contribution in [0.2, 0.25) is 10.0 Å². The van der Waals surface area contributed by atoms with Gasteiger partial charge >= 0.3 is 0 Å². The highest BCUT2D eigenvalue weighted by Crippen LogP contribution is 2.31. The highest BCUT2D eigenvalue weighted by atomic mass is 35.5. The minimum absolute atomic E-state index is 0.117. The molecule has 0 aliphatic heterocycles. The zero-order valence-corrected chi connectivity index (χ0v) is 9.27. The molecule has 76 valence electrons. The van der Waals surface area contributed by atoms with E-state index in [1.54, 1.807) is 18.2 Å². The van der Waals surface area contributed by atoms with Crippen LogP contribution in [0.1, 0.15) is 24.9 Å². The molecule has 1 atom stereocenters. The fraction of sp³-hybridized carbons (Fsp3) is 0.300. The molecule has 0 radical (unpaired) electrons. The third-order valence-corrected chi connectivity index (χ3v) is 2.68. The Morgan fingerprint density at radius 2 is 2.00 bits per heavy atom. The summed E-state index contributed by atoms with van der Waals surface area (Å²) in [4.78, 5) is 10.4. The largest absolute Gasteiger partial charge is 0.352 e. The molecule has 0 saturated heterocycles. The summed E-state index contributed by atoms with van der Waals surface area (Å²) in [7, 11) is 0. The van der Waals surface area contributed by atoms with Crippen LogP contribution in [-0.2, 0) is 4.79 Å². The maximum Gasteiger partial charge on any atom is 0.207 e. The predicted molar refractivity (Wildman–Crippen MR) is 58.7 cm³/mol. The molecule has 0 aliphatic rings. The van der Waals surface area contributed by atoms with Crippen LogP contribution >= 0.6 is 23.2 Å². The van der Waals surface area contributed by atoms with Gasteiger partial charge in [0.2, 0.25) is 6.41 Å². The van der Waals surface area contributed by atoms with Crippen LogP contribution in [0.3, 0.4) is 0 Å². The summed E-state index contributed by atoms with van der Waals surface area (Å²) in [5.41, 5.74) is 0.783. The Hall–Kier alpha value is -0.730. The first-order chi connectivity index (χ1) is 6.70. The first kappa shape index (κ1) is 11.3. The van der Waals surface area contributed by atoms with Crippen LogP contribution in [0.4, 0.5) is 0 Å². The van der Waals surface area contributed by atoms with E-state index >= 15 is 0 Å². The van der Waals surface area contributed by atoms with Gasteiger partial charge in [0.1, 0.15) is 0 Å². The Morgan fingerprint density at radius 1 is 1.43 bits per heavy atom. The lowest BCUT2D eigenvalue weighted by atomic mass is 10.0. The van der Waals surface area contributed by atoms with Gasteiger partial charge in [-0.25, -0.2) is 0 Å². The molecular weight excluding hydrogens is 221 g/mol. The van der Waals surface area contributed by atoms with Crippen molar-refractivity contribution in [2.75, 3.05) is 0 Å². The van der Waals surface area contributed by atoms with E-state index in [1.807, 2.05) is 6.92 Å². The fourth-order valence-corrected chi connectivity index (χ4v) is 1.99. The number of hydrogen-bond acceptors (Lipinski definition) is 1. The van der Waals surface area contributed by atoms with Crippen molar-refractivity contribution in [2.45, 2.75) is 19.4 Å². The van der Waals surface area contributed by atoms with Crippen molar-refractivity contribution >= 4 is 29.6 Å². The molecule has 0 fully saturated rings. The standard InChI is InChI=1S/C10H11Cl2NO/c1-2-9(13-6-14)10-7(11)4-3-5-8(10)12/h3-6,9H,2H2,1H3,(H,13,14)/t9-/m1/s1. The lowest BCUT2D eigenvalue weighted by molar-refractivity contribution is -0.110. The fourth-order valence-electron chi connectivity index (χ4n) is 1.33. The van der Waals surface area contributed by atoms with Gasteiger partial charge < -0.3 is 5.32 Å². The molecule has 1 aromatic rings. The maximum atomic E-state index is 10.4. The quantitative estimate of drug-likeness (QED) is 0.793. The number of hydrogen-bond donors (Lipinski definition) is 1. The van der Waals surface area contributed by atoms with Crippen molar-refractivity contribution in [3.8, 4) is 0 Å². The van der Waals surface area contributed by atoms with E-state index in [1.165, 1.54) is 0 Å². The molecular formula is C10H11Cl2NO. The van der Waals surface area contributed by atoms with Gasteiger partial charge in [0.15, 0.2) is 0 Å². The number of carbonyl (C=O) groups is 1. The number of benzene rings is 1. The summed E-state index contributed by atoms with van der Waals surface area (Å²) < 4.78 is 0.